The van der Waals surface area contributed by atoms with Crippen molar-refractivity contribution in [2.45, 2.75) is 6.61 Å². The number of nitrogens with zero attached hydrogens (tertiary/aromatic N) is 3. The van der Waals surface area contributed by atoms with Crippen LogP contribution in [0.3, 0.4) is 0 Å². The summed E-state index contributed by atoms with van der Waals surface area (Å²) in [5.41, 5.74) is 0.589. The van der Waals surface area contributed by atoms with Crippen LogP contribution in [0.15, 0.2) is 45.5 Å². The number of carbonyl (C=O) groups excluding carboxylic acids is 1. The maximum Gasteiger partial charge on any atom is 0.291 e. The molecule has 2 N–H and O–H groups in total. The van der Waals surface area contributed by atoms with E-state index in [1.165, 1.54) is 0 Å². The average Bonchev–Trinajstić information content (AvgIpc) is 3.17. The standard InChI is InChI=1S/C13H10BrN5O3/c14-11-5-4-10(22-11)13(20)15-8-2-1-3-9(6-8)21-7-12-16-18-19-17-12/h1-6H,7H2,(H,15,20)(H,16,17,18,19). The molecule has 1 aromatic carbocycles. The second kappa shape index (κ2) is 6.39. The molecule has 2 heterocycles. The van der Waals surface area contributed by atoms with E-state index in [9.17, 15) is 4.79 Å². The van der Waals surface area contributed by atoms with Gasteiger partial charge in [-0.25, -0.2) is 5.10 Å². The highest BCUT2D eigenvalue weighted by Gasteiger charge is 2.11. The number of benzene rings is 1. The van der Waals surface area contributed by atoms with Gasteiger partial charge in [0, 0.05) is 11.8 Å². The van der Waals surface area contributed by atoms with E-state index in [0.717, 1.165) is 0 Å². The minimum atomic E-state index is -0.345. The van der Waals surface area contributed by atoms with Crippen LogP contribution in [0.1, 0.15) is 16.4 Å². The third kappa shape index (κ3) is 3.50. The smallest absolute Gasteiger partial charge is 0.291 e. The first-order chi connectivity index (χ1) is 10.7. The second-order valence-corrected chi connectivity index (χ2v) is 5.00. The lowest BCUT2D eigenvalue weighted by molar-refractivity contribution is 0.0995. The lowest BCUT2D eigenvalue weighted by atomic mass is 10.3. The van der Waals surface area contributed by atoms with Crippen LogP contribution in [-0.4, -0.2) is 26.5 Å². The van der Waals surface area contributed by atoms with Crippen LogP contribution in [0.25, 0.3) is 0 Å². The first-order valence-electron chi connectivity index (χ1n) is 6.23. The van der Waals surface area contributed by atoms with Crippen LogP contribution in [0.4, 0.5) is 5.69 Å². The topological polar surface area (TPSA) is 106 Å². The molecule has 0 bridgehead atoms. The maximum atomic E-state index is 12.0. The van der Waals surface area contributed by atoms with Crippen molar-refractivity contribution < 1.29 is 13.9 Å². The first kappa shape index (κ1) is 14.3. The summed E-state index contributed by atoms with van der Waals surface area (Å²) in [5, 5.41) is 15.9. The van der Waals surface area contributed by atoms with Gasteiger partial charge in [0.15, 0.2) is 16.3 Å². The number of ether oxygens (including phenoxy) is 1. The molecule has 3 rings (SSSR count). The molecule has 0 saturated heterocycles. The number of hydrogen-bond acceptors (Lipinski definition) is 6. The monoisotopic (exact) mass is 363 g/mol. The Kier molecular flexibility index (Phi) is 4.15. The van der Waals surface area contributed by atoms with E-state index in [1.807, 2.05) is 0 Å². The Morgan fingerprint density at radius 2 is 2.27 bits per heavy atom. The van der Waals surface area contributed by atoms with Crippen molar-refractivity contribution in [1.82, 2.24) is 20.6 Å². The van der Waals surface area contributed by atoms with Crippen LogP contribution in [0.5, 0.6) is 5.75 Å². The highest BCUT2D eigenvalue weighted by molar-refractivity contribution is 9.10. The molecule has 0 atom stereocenters. The Hall–Kier alpha value is -2.68. The molecule has 0 saturated carbocycles. The number of H-pyrrole nitrogens is 1. The molecule has 0 radical (unpaired) electrons. The molecule has 0 aliphatic heterocycles. The summed E-state index contributed by atoms with van der Waals surface area (Å²) in [4.78, 5) is 12.0. The Morgan fingerprint density at radius 3 is 3.00 bits per heavy atom. The molecule has 8 nitrogen and oxygen atoms in total. The van der Waals surface area contributed by atoms with Crippen LogP contribution in [0, 0.1) is 0 Å². The van der Waals surface area contributed by atoms with Gasteiger partial charge in [-0.15, -0.1) is 5.10 Å². The van der Waals surface area contributed by atoms with Gasteiger partial charge in [0.2, 0.25) is 0 Å². The third-order valence-corrected chi connectivity index (χ3v) is 3.08. The molecular formula is C13H10BrN5O3. The molecule has 22 heavy (non-hydrogen) atoms. The molecule has 2 aromatic heterocycles. The minimum absolute atomic E-state index is 0.204. The number of carbonyl (C=O) groups is 1. The van der Waals surface area contributed by atoms with E-state index in [-0.39, 0.29) is 18.3 Å². The number of amides is 1. The predicted molar refractivity (Wildman–Crippen MR) is 79.3 cm³/mol. The van der Waals surface area contributed by atoms with E-state index in [1.54, 1.807) is 36.4 Å². The lowest BCUT2D eigenvalue weighted by Crippen LogP contribution is -2.10. The van der Waals surface area contributed by atoms with Crippen LogP contribution in [0.2, 0.25) is 0 Å². The first-order valence-corrected chi connectivity index (χ1v) is 7.02. The Bertz CT molecular complexity index is 772. The lowest BCUT2D eigenvalue weighted by Gasteiger charge is -2.07. The van der Waals surface area contributed by atoms with Gasteiger partial charge in [-0.3, -0.25) is 4.79 Å². The average molecular weight is 364 g/mol. The fourth-order valence-electron chi connectivity index (χ4n) is 1.68. The molecule has 9 heteroatoms. The van der Waals surface area contributed by atoms with Crippen molar-refractivity contribution in [3.8, 4) is 5.75 Å². The minimum Gasteiger partial charge on any atom is -0.485 e. The van der Waals surface area contributed by atoms with Gasteiger partial charge in [0.1, 0.15) is 12.4 Å². The number of anilines is 1. The molecule has 1 amide bonds. The van der Waals surface area contributed by atoms with Crippen molar-refractivity contribution in [3.05, 3.63) is 52.7 Å². The summed E-state index contributed by atoms with van der Waals surface area (Å²) in [6.07, 6.45) is 0. The number of tetrazole rings is 1. The highest BCUT2D eigenvalue weighted by atomic mass is 79.9. The number of hydrogen-bond donors (Lipinski definition) is 2. The molecule has 0 fully saturated rings. The quantitative estimate of drug-likeness (QED) is 0.720. The maximum absolute atomic E-state index is 12.0. The van der Waals surface area contributed by atoms with Crippen LogP contribution >= 0.6 is 15.9 Å². The molecular weight excluding hydrogens is 354 g/mol. The molecule has 0 aliphatic rings. The zero-order valence-electron chi connectivity index (χ0n) is 11.1. The summed E-state index contributed by atoms with van der Waals surface area (Å²) < 4.78 is 11.2. The largest absolute Gasteiger partial charge is 0.485 e. The number of halogens is 1. The van der Waals surface area contributed by atoms with Gasteiger partial charge in [-0.05, 0) is 50.6 Å². The summed E-state index contributed by atoms with van der Waals surface area (Å²) >= 11 is 3.15. The Labute approximate surface area is 133 Å². The van der Waals surface area contributed by atoms with Crippen molar-refractivity contribution in [3.63, 3.8) is 0 Å². The SMILES string of the molecule is O=C(Nc1cccc(OCc2nnn[nH]2)c1)c1ccc(Br)o1. The zero-order valence-corrected chi connectivity index (χ0v) is 12.7. The number of aromatic nitrogens is 4. The van der Waals surface area contributed by atoms with Gasteiger partial charge < -0.3 is 14.5 Å². The van der Waals surface area contributed by atoms with E-state index >= 15 is 0 Å². The molecule has 3 aromatic rings. The Morgan fingerprint density at radius 1 is 1.36 bits per heavy atom. The summed E-state index contributed by atoms with van der Waals surface area (Å²) in [6.45, 7) is 0.204. The van der Waals surface area contributed by atoms with Crippen molar-refractivity contribution in [2.75, 3.05) is 5.32 Å². The number of rotatable bonds is 5. The van der Waals surface area contributed by atoms with Crippen molar-refractivity contribution >= 4 is 27.5 Å². The fraction of sp³-hybridized carbons (Fsp3) is 0.0769. The van der Waals surface area contributed by atoms with Crippen LogP contribution in [-0.2, 0) is 6.61 Å². The molecule has 0 spiro atoms. The van der Waals surface area contributed by atoms with Crippen molar-refractivity contribution in [1.29, 1.82) is 0 Å². The van der Waals surface area contributed by atoms with E-state index in [0.29, 0.717) is 21.9 Å². The highest BCUT2D eigenvalue weighted by Crippen LogP contribution is 2.20. The normalized spacial score (nSPS) is 10.4. The van der Waals surface area contributed by atoms with Gasteiger partial charge in [0.05, 0.1) is 0 Å². The summed E-state index contributed by atoms with van der Waals surface area (Å²) in [6, 6.07) is 10.2. The van der Waals surface area contributed by atoms with E-state index in [2.05, 4.69) is 41.9 Å². The molecule has 0 aliphatic carbocycles. The van der Waals surface area contributed by atoms with Gasteiger partial charge in [0.25, 0.3) is 5.91 Å². The summed E-state index contributed by atoms with van der Waals surface area (Å²) in [5.74, 6) is 0.956. The third-order valence-electron chi connectivity index (χ3n) is 2.65. The second-order valence-electron chi connectivity index (χ2n) is 4.22. The van der Waals surface area contributed by atoms with Gasteiger partial charge in [-0.1, -0.05) is 6.07 Å². The molecule has 112 valence electrons. The van der Waals surface area contributed by atoms with E-state index in [4.69, 9.17) is 9.15 Å². The fourth-order valence-corrected chi connectivity index (χ4v) is 1.99. The predicted octanol–water partition coefficient (Wildman–Crippen LogP) is 2.39. The number of furan rings is 1. The van der Waals surface area contributed by atoms with Gasteiger partial charge >= 0.3 is 0 Å². The van der Waals surface area contributed by atoms with E-state index < -0.39 is 0 Å². The van der Waals surface area contributed by atoms with Gasteiger partial charge in [-0.2, -0.15) is 0 Å². The van der Waals surface area contributed by atoms with Crippen molar-refractivity contribution in [2.24, 2.45) is 0 Å². The molecule has 0 unspecified atom stereocenters. The summed E-state index contributed by atoms with van der Waals surface area (Å²) in [7, 11) is 0. The Balaban J connectivity index is 1.64. The number of nitrogens with one attached hydrogen (secondary N) is 2. The van der Waals surface area contributed by atoms with Crippen LogP contribution < -0.4 is 10.1 Å². The zero-order chi connectivity index (χ0) is 15.4. The number of aromatic amines is 1.